The van der Waals surface area contributed by atoms with E-state index in [1.807, 2.05) is 0 Å². The largest absolute Gasteiger partial charge is 0.298 e. The van der Waals surface area contributed by atoms with E-state index in [0.717, 1.165) is 47.6 Å². The van der Waals surface area contributed by atoms with Crippen LogP contribution in [0.2, 0.25) is 0 Å². The van der Waals surface area contributed by atoms with E-state index < -0.39 is 0 Å². The molecule has 6 saturated carbocycles. The summed E-state index contributed by atoms with van der Waals surface area (Å²) in [6.45, 7) is 5.55. The van der Waals surface area contributed by atoms with Gasteiger partial charge in [0.25, 0.3) is 0 Å². The third kappa shape index (κ3) is 2.20. The van der Waals surface area contributed by atoms with Gasteiger partial charge in [-0.1, -0.05) is 6.42 Å². The van der Waals surface area contributed by atoms with E-state index in [1.165, 1.54) is 26.2 Å². The molecule has 7 aliphatic rings. The molecule has 2 nitrogen and oxygen atoms in total. The van der Waals surface area contributed by atoms with Crippen molar-refractivity contribution in [1.29, 1.82) is 0 Å². The van der Waals surface area contributed by atoms with Crippen molar-refractivity contribution in [3.8, 4) is 0 Å². The third-order valence-electron chi connectivity index (χ3n) is 9.12. The van der Waals surface area contributed by atoms with Crippen LogP contribution >= 0.6 is 0 Å². The van der Waals surface area contributed by atoms with Crippen molar-refractivity contribution in [2.45, 2.75) is 69.9 Å². The third-order valence-corrected chi connectivity index (χ3v) is 9.12. The molecule has 7 rings (SSSR count). The Morgan fingerprint density at radius 2 is 1.09 bits per heavy atom. The Hall–Kier alpha value is -0.0800. The Balaban J connectivity index is 1.11. The van der Waals surface area contributed by atoms with E-state index in [2.05, 4.69) is 9.80 Å². The van der Waals surface area contributed by atoms with Crippen LogP contribution in [-0.4, -0.2) is 48.1 Å². The molecule has 0 unspecified atom stereocenters. The molecular formula is C21H34N2. The summed E-state index contributed by atoms with van der Waals surface area (Å²) in [7, 11) is 0. The molecule has 6 aliphatic carbocycles. The fourth-order valence-corrected chi connectivity index (χ4v) is 8.52. The fourth-order valence-electron chi connectivity index (χ4n) is 8.52. The summed E-state index contributed by atoms with van der Waals surface area (Å²) in [5.41, 5.74) is 0. The minimum atomic E-state index is 0.981. The highest BCUT2D eigenvalue weighted by Crippen LogP contribution is 2.55. The lowest BCUT2D eigenvalue weighted by atomic mass is 9.54. The number of fused-ring (bicyclic) bond motifs is 2. The topological polar surface area (TPSA) is 6.48 Å². The van der Waals surface area contributed by atoms with Gasteiger partial charge in [-0.05, 0) is 86.9 Å². The van der Waals surface area contributed by atoms with Crippen LogP contribution in [0.4, 0.5) is 0 Å². The first-order chi connectivity index (χ1) is 11.3. The SMILES string of the molecule is C1C2CC3CC1CC(C2)C3N1CCN([C@@H]2C[C@H]3CC[C@H]2C3)CC1. The quantitative estimate of drug-likeness (QED) is 0.768. The van der Waals surface area contributed by atoms with E-state index >= 15 is 0 Å². The maximum atomic E-state index is 2.97. The van der Waals surface area contributed by atoms with Crippen molar-refractivity contribution in [2.75, 3.05) is 26.2 Å². The predicted molar refractivity (Wildman–Crippen MR) is 93.2 cm³/mol. The molecule has 0 spiro atoms. The normalized spacial score (nSPS) is 55.8. The summed E-state index contributed by atoms with van der Waals surface area (Å²) in [5, 5.41) is 0. The lowest BCUT2D eigenvalue weighted by Crippen LogP contribution is -2.61. The summed E-state index contributed by atoms with van der Waals surface area (Å²) < 4.78 is 0. The summed E-state index contributed by atoms with van der Waals surface area (Å²) >= 11 is 0. The maximum Gasteiger partial charge on any atom is 0.0153 e. The summed E-state index contributed by atoms with van der Waals surface area (Å²) in [5.74, 6) is 6.61. The molecule has 1 saturated heterocycles. The van der Waals surface area contributed by atoms with Crippen LogP contribution < -0.4 is 0 Å². The number of nitrogens with zero attached hydrogens (tertiary/aromatic N) is 2. The summed E-state index contributed by atoms with van der Waals surface area (Å²) in [6, 6.07) is 1.97. The second kappa shape index (κ2) is 5.21. The van der Waals surface area contributed by atoms with Crippen molar-refractivity contribution in [2.24, 2.45) is 35.5 Å². The van der Waals surface area contributed by atoms with Gasteiger partial charge in [-0.15, -0.1) is 0 Å². The molecule has 2 heteroatoms. The van der Waals surface area contributed by atoms with Crippen LogP contribution in [0.3, 0.4) is 0 Å². The van der Waals surface area contributed by atoms with Gasteiger partial charge in [0, 0.05) is 38.3 Å². The van der Waals surface area contributed by atoms with E-state index in [4.69, 9.17) is 0 Å². The fraction of sp³-hybridized carbons (Fsp3) is 1.00. The zero-order chi connectivity index (χ0) is 15.0. The Morgan fingerprint density at radius 3 is 1.65 bits per heavy atom. The second-order valence-corrected chi connectivity index (χ2v) is 10.2. The van der Waals surface area contributed by atoms with Crippen LogP contribution in [-0.2, 0) is 0 Å². The van der Waals surface area contributed by atoms with Gasteiger partial charge in [-0.25, -0.2) is 0 Å². The molecule has 0 N–H and O–H groups in total. The number of piperazine rings is 1. The van der Waals surface area contributed by atoms with Gasteiger partial charge in [-0.3, -0.25) is 9.80 Å². The molecule has 0 amide bonds. The molecule has 7 fully saturated rings. The van der Waals surface area contributed by atoms with E-state index in [0.29, 0.717) is 0 Å². The van der Waals surface area contributed by atoms with E-state index in [9.17, 15) is 0 Å². The zero-order valence-corrected chi connectivity index (χ0v) is 14.7. The van der Waals surface area contributed by atoms with Gasteiger partial charge in [0.05, 0.1) is 0 Å². The smallest absolute Gasteiger partial charge is 0.0153 e. The molecule has 1 heterocycles. The van der Waals surface area contributed by atoms with Crippen molar-refractivity contribution in [3.63, 3.8) is 0 Å². The van der Waals surface area contributed by atoms with E-state index in [1.54, 1.807) is 57.8 Å². The van der Waals surface area contributed by atoms with Crippen molar-refractivity contribution < 1.29 is 0 Å². The molecular weight excluding hydrogens is 280 g/mol. The average Bonchev–Trinajstić information content (AvgIpc) is 3.17. The second-order valence-electron chi connectivity index (χ2n) is 10.2. The molecule has 0 aromatic carbocycles. The standard InChI is InChI=1S/C21H34N2/c1-2-17-8-14(1)13-20(17)22-3-5-23(6-4-22)21-18-9-15-7-16(11-18)12-19(21)10-15/h14-21H,1-13H2/t14-,15?,16?,17-,18?,19?,20+,21?/m0/s1. The monoisotopic (exact) mass is 314 g/mol. The Bertz CT molecular complexity index is 438. The molecule has 3 atom stereocenters. The lowest BCUT2D eigenvalue weighted by molar-refractivity contribution is -0.0805. The van der Waals surface area contributed by atoms with Gasteiger partial charge in [0.15, 0.2) is 0 Å². The highest BCUT2D eigenvalue weighted by molar-refractivity contribution is 5.03. The minimum absolute atomic E-state index is 0.981. The molecule has 128 valence electrons. The molecule has 0 aromatic rings. The first kappa shape index (κ1) is 14.1. The molecule has 0 aromatic heterocycles. The highest BCUT2D eigenvalue weighted by atomic mass is 15.3. The zero-order valence-electron chi connectivity index (χ0n) is 14.7. The van der Waals surface area contributed by atoms with Crippen LogP contribution in [0.5, 0.6) is 0 Å². The first-order valence-electron chi connectivity index (χ1n) is 10.8. The summed E-state index contributed by atoms with van der Waals surface area (Å²) in [6.07, 6.45) is 14.2. The Labute approximate surface area is 142 Å². The number of hydrogen-bond acceptors (Lipinski definition) is 2. The predicted octanol–water partition coefficient (Wildman–Crippen LogP) is 3.62. The van der Waals surface area contributed by atoms with Gasteiger partial charge < -0.3 is 0 Å². The Morgan fingerprint density at radius 1 is 0.478 bits per heavy atom. The molecule has 23 heavy (non-hydrogen) atoms. The number of hydrogen-bond donors (Lipinski definition) is 0. The van der Waals surface area contributed by atoms with Gasteiger partial charge in [0.1, 0.15) is 0 Å². The van der Waals surface area contributed by atoms with Crippen LogP contribution in [0, 0.1) is 35.5 Å². The van der Waals surface area contributed by atoms with Crippen LogP contribution in [0.25, 0.3) is 0 Å². The molecule has 1 aliphatic heterocycles. The van der Waals surface area contributed by atoms with Crippen LogP contribution in [0.1, 0.15) is 57.8 Å². The van der Waals surface area contributed by atoms with Crippen LogP contribution in [0.15, 0.2) is 0 Å². The van der Waals surface area contributed by atoms with Gasteiger partial charge in [-0.2, -0.15) is 0 Å². The maximum absolute atomic E-state index is 2.97. The highest BCUT2D eigenvalue weighted by Gasteiger charge is 2.51. The van der Waals surface area contributed by atoms with Gasteiger partial charge >= 0.3 is 0 Å². The Kier molecular flexibility index (Phi) is 3.20. The molecule has 6 bridgehead atoms. The lowest BCUT2D eigenvalue weighted by Gasteiger charge is -2.58. The minimum Gasteiger partial charge on any atom is -0.298 e. The average molecular weight is 315 g/mol. The number of rotatable bonds is 2. The van der Waals surface area contributed by atoms with Crippen molar-refractivity contribution >= 4 is 0 Å². The van der Waals surface area contributed by atoms with Crippen molar-refractivity contribution in [1.82, 2.24) is 9.80 Å². The first-order valence-corrected chi connectivity index (χ1v) is 10.8. The van der Waals surface area contributed by atoms with Gasteiger partial charge in [0.2, 0.25) is 0 Å². The van der Waals surface area contributed by atoms with E-state index in [-0.39, 0.29) is 0 Å². The summed E-state index contributed by atoms with van der Waals surface area (Å²) in [4.78, 5) is 5.88. The van der Waals surface area contributed by atoms with Crippen molar-refractivity contribution in [3.05, 3.63) is 0 Å². The molecule has 0 radical (unpaired) electrons.